The molecule has 1 heterocycles. The summed E-state index contributed by atoms with van der Waals surface area (Å²) < 4.78 is 1.51. The molecule has 25 heavy (non-hydrogen) atoms. The van der Waals surface area contributed by atoms with Gasteiger partial charge in [-0.25, -0.2) is 9.48 Å². The largest absolute Gasteiger partial charge is 0.388 e. The molecule has 8 heteroatoms. The standard InChI is InChI=1S/C17H26N6O2/c1-12(2)7-8-17(4,25)10-18-16(24)20-15-9-14(6-5-13(15)3)23-11-19-21-22-23/h5-6,9,11-12,25H,7-8,10H2,1-4H3,(H2,18,20,24)/t17-/m0/s1. The monoisotopic (exact) mass is 346 g/mol. The van der Waals surface area contributed by atoms with E-state index in [0.29, 0.717) is 18.0 Å². The van der Waals surface area contributed by atoms with Gasteiger partial charge in [0.05, 0.1) is 11.3 Å². The molecule has 2 aromatic rings. The molecule has 2 amide bonds. The Labute approximate surface area is 147 Å². The highest BCUT2D eigenvalue weighted by molar-refractivity contribution is 5.90. The van der Waals surface area contributed by atoms with Crippen LogP contribution in [0.4, 0.5) is 10.5 Å². The Kier molecular flexibility index (Phi) is 6.08. The summed E-state index contributed by atoms with van der Waals surface area (Å²) in [6, 6.07) is 5.18. The number of nitrogens with zero attached hydrogens (tertiary/aromatic N) is 4. The van der Waals surface area contributed by atoms with Crippen molar-refractivity contribution in [1.29, 1.82) is 0 Å². The molecule has 0 aliphatic rings. The summed E-state index contributed by atoms with van der Waals surface area (Å²) in [5.74, 6) is 0.511. The third-order valence-corrected chi connectivity index (χ3v) is 3.97. The second-order valence-corrected chi connectivity index (χ2v) is 6.99. The number of tetrazole rings is 1. The Morgan fingerprint density at radius 1 is 1.40 bits per heavy atom. The van der Waals surface area contributed by atoms with Gasteiger partial charge in [0.1, 0.15) is 6.33 Å². The summed E-state index contributed by atoms with van der Waals surface area (Å²) >= 11 is 0. The molecule has 0 radical (unpaired) electrons. The Balaban J connectivity index is 1.95. The fraction of sp³-hybridized carbons (Fsp3) is 0.529. The molecule has 0 saturated heterocycles. The molecule has 0 spiro atoms. The summed E-state index contributed by atoms with van der Waals surface area (Å²) in [6.07, 6.45) is 3.03. The number of aromatic nitrogens is 4. The lowest BCUT2D eigenvalue weighted by Crippen LogP contribution is -2.42. The summed E-state index contributed by atoms with van der Waals surface area (Å²) in [4.78, 5) is 12.2. The highest BCUT2D eigenvalue weighted by Gasteiger charge is 2.21. The van der Waals surface area contributed by atoms with Gasteiger partial charge in [-0.2, -0.15) is 0 Å². The number of rotatable bonds is 7. The van der Waals surface area contributed by atoms with Gasteiger partial charge in [0, 0.05) is 12.2 Å². The van der Waals surface area contributed by atoms with Gasteiger partial charge in [0.25, 0.3) is 0 Å². The van der Waals surface area contributed by atoms with Crippen LogP contribution in [0.5, 0.6) is 0 Å². The van der Waals surface area contributed by atoms with Crippen LogP contribution in [0, 0.1) is 12.8 Å². The lowest BCUT2D eigenvalue weighted by atomic mass is 9.95. The minimum atomic E-state index is -0.926. The van der Waals surface area contributed by atoms with Crippen molar-refractivity contribution in [3.8, 4) is 5.69 Å². The van der Waals surface area contributed by atoms with Crippen LogP contribution in [-0.2, 0) is 0 Å². The van der Waals surface area contributed by atoms with Crippen molar-refractivity contribution in [3.63, 3.8) is 0 Å². The second-order valence-electron chi connectivity index (χ2n) is 6.99. The predicted molar refractivity (Wildman–Crippen MR) is 95.6 cm³/mol. The van der Waals surface area contributed by atoms with E-state index >= 15 is 0 Å². The minimum Gasteiger partial charge on any atom is -0.388 e. The lowest BCUT2D eigenvalue weighted by Gasteiger charge is -2.24. The summed E-state index contributed by atoms with van der Waals surface area (Å²) in [5.41, 5.74) is 1.39. The van der Waals surface area contributed by atoms with Crippen LogP contribution in [-0.4, -0.2) is 43.5 Å². The van der Waals surface area contributed by atoms with Crippen molar-refractivity contribution in [1.82, 2.24) is 25.5 Å². The number of benzene rings is 1. The van der Waals surface area contributed by atoms with E-state index in [9.17, 15) is 9.90 Å². The molecular formula is C17H26N6O2. The maximum Gasteiger partial charge on any atom is 0.319 e. The van der Waals surface area contributed by atoms with Crippen LogP contribution in [0.3, 0.4) is 0 Å². The number of urea groups is 1. The fourth-order valence-electron chi connectivity index (χ4n) is 2.29. The maximum absolute atomic E-state index is 12.2. The molecule has 0 saturated carbocycles. The number of amides is 2. The van der Waals surface area contributed by atoms with Crippen molar-refractivity contribution in [2.24, 2.45) is 5.92 Å². The van der Waals surface area contributed by atoms with Crippen molar-refractivity contribution in [3.05, 3.63) is 30.1 Å². The quantitative estimate of drug-likeness (QED) is 0.713. The second kappa shape index (κ2) is 8.06. The topological polar surface area (TPSA) is 105 Å². The maximum atomic E-state index is 12.2. The van der Waals surface area contributed by atoms with E-state index < -0.39 is 5.60 Å². The Hall–Kier alpha value is -2.48. The molecular weight excluding hydrogens is 320 g/mol. The number of hydrogen-bond donors (Lipinski definition) is 3. The fourth-order valence-corrected chi connectivity index (χ4v) is 2.29. The van der Waals surface area contributed by atoms with Gasteiger partial charge < -0.3 is 15.7 Å². The molecule has 0 fully saturated rings. The molecule has 1 atom stereocenters. The van der Waals surface area contributed by atoms with E-state index in [1.165, 1.54) is 11.0 Å². The van der Waals surface area contributed by atoms with E-state index in [-0.39, 0.29) is 12.6 Å². The molecule has 3 N–H and O–H groups in total. The van der Waals surface area contributed by atoms with Crippen LogP contribution in [0.15, 0.2) is 24.5 Å². The number of carbonyl (C=O) groups excluding carboxylic acids is 1. The van der Waals surface area contributed by atoms with Crippen molar-refractivity contribution in [2.75, 3.05) is 11.9 Å². The first-order valence-electron chi connectivity index (χ1n) is 8.38. The Morgan fingerprint density at radius 2 is 2.16 bits per heavy atom. The highest BCUT2D eigenvalue weighted by Crippen LogP contribution is 2.19. The molecule has 1 aromatic heterocycles. The number of aliphatic hydroxyl groups is 1. The average molecular weight is 346 g/mol. The lowest BCUT2D eigenvalue weighted by molar-refractivity contribution is 0.0481. The smallest absolute Gasteiger partial charge is 0.319 e. The average Bonchev–Trinajstić information content (AvgIpc) is 3.08. The van der Waals surface area contributed by atoms with E-state index in [4.69, 9.17) is 0 Å². The minimum absolute atomic E-state index is 0.192. The van der Waals surface area contributed by atoms with Crippen molar-refractivity contribution < 1.29 is 9.90 Å². The normalized spacial score (nSPS) is 13.5. The van der Waals surface area contributed by atoms with Gasteiger partial charge in [0.15, 0.2) is 0 Å². The first-order valence-corrected chi connectivity index (χ1v) is 8.38. The zero-order chi connectivity index (χ0) is 18.4. The predicted octanol–water partition coefficient (Wildman–Crippen LogP) is 2.28. The van der Waals surface area contributed by atoms with Gasteiger partial charge in [-0.1, -0.05) is 19.9 Å². The third kappa shape index (κ3) is 5.82. The summed E-state index contributed by atoms with van der Waals surface area (Å²) in [7, 11) is 0. The summed E-state index contributed by atoms with van der Waals surface area (Å²) in [6.45, 7) is 8.04. The van der Waals surface area contributed by atoms with Gasteiger partial charge in [-0.15, -0.1) is 5.10 Å². The van der Waals surface area contributed by atoms with Gasteiger partial charge in [-0.05, 0) is 60.7 Å². The van der Waals surface area contributed by atoms with Crippen LogP contribution in [0.1, 0.15) is 39.2 Å². The number of nitrogens with one attached hydrogen (secondary N) is 2. The Morgan fingerprint density at radius 3 is 2.80 bits per heavy atom. The Bertz CT molecular complexity index is 697. The zero-order valence-corrected chi connectivity index (χ0v) is 15.2. The van der Waals surface area contributed by atoms with E-state index in [1.807, 2.05) is 19.1 Å². The van der Waals surface area contributed by atoms with Crippen molar-refractivity contribution in [2.45, 2.75) is 46.1 Å². The molecule has 8 nitrogen and oxygen atoms in total. The molecule has 0 unspecified atom stereocenters. The first-order chi connectivity index (χ1) is 11.8. The molecule has 0 aliphatic carbocycles. The molecule has 2 rings (SSSR count). The van der Waals surface area contributed by atoms with Crippen LogP contribution >= 0.6 is 0 Å². The molecule has 0 aliphatic heterocycles. The SMILES string of the molecule is Cc1ccc(-n2cnnn2)cc1NC(=O)NC[C@@](C)(O)CCC(C)C. The van der Waals surface area contributed by atoms with E-state index in [0.717, 1.165) is 17.7 Å². The first kappa shape index (κ1) is 18.9. The molecule has 0 bridgehead atoms. The number of aryl methyl sites for hydroxylation is 1. The number of carbonyl (C=O) groups is 1. The van der Waals surface area contributed by atoms with Gasteiger partial charge in [-0.3, -0.25) is 0 Å². The van der Waals surface area contributed by atoms with E-state index in [1.54, 1.807) is 13.0 Å². The van der Waals surface area contributed by atoms with Crippen LogP contribution < -0.4 is 10.6 Å². The van der Waals surface area contributed by atoms with E-state index in [2.05, 4.69) is 40.0 Å². The van der Waals surface area contributed by atoms with Gasteiger partial charge >= 0.3 is 6.03 Å². The highest BCUT2D eigenvalue weighted by atomic mass is 16.3. The number of hydrogen-bond acceptors (Lipinski definition) is 5. The third-order valence-electron chi connectivity index (χ3n) is 3.97. The van der Waals surface area contributed by atoms with Crippen LogP contribution in [0.2, 0.25) is 0 Å². The van der Waals surface area contributed by atoms with Crippen molar-refractivity contribution >= 4 is 11.7 Å². The number of anilines is 1. The zero-order valence-electron chi connectivity index (χ0n) is 15.2. The molecule has 136 valence electrons. The molecule has 1 aromatic carbocycles. The van der Waals surface area contributed by atoms with Gasteiger partial charge in [0.2, 0.25) is 0 Å². The van der Waals surface area contributed by atoms with Crippen LogP contribution in [0.25, 0.3) is 5.69 Å². The summed E-state index contributed by atoms with van der Waals surface area (Å²) in [5, 5.41) is 26.9.